The zero-order chi connectivity index (χ0) is 16.2. The van der Waals surface area contributed by atoms with Crippen molar-refractivity contribution in [3.8, 4) is 5.75 Å². The predicted octanol–water partition coefficient (Wildman–Crippen LogP) is 1.91. The number of aromatic hydroxyl groups is 1. The van der Waals surface area contributed by atoms with Crippen LogP contribution in [0.15, 0.2) is 47.3 Å². The molecule has 6 nitrogen and oxygen atoms in total. The van der Waals surface area contributed by atoms with Crippen LogP contribution in [0.1, 0.15) is 28.8 Å². The summed E-state index contributed by atoms with van der Waals surface area (Å²) < 4.78 is 4.96. The lowest BCUT2D eigenvalue weighted by molar-refractivity contribution is -0.125. The smallest absolute Gasteiger partial charge is 0.258 e. The Bertz CT molecular complexity index is 696. The van der Waals surface area contributed by atoms with Crippen LogP contribution >= 0.6 is 0 Å². The molecule has 120 valence electrons. The Hall–Kier alpha value is -2.76. The Kier molecular flexibility index (Phi) is 4.32. The summed E-state index contributed by atoms with van der Waals surface area (Å²) in [7, 11) is 0. The first kappa shape index (κ1) is 15.1. The van der Waals surface area contributed by atoms with Gasteiger partial charge in [-0.25, -0.2) is 0 Å². The van der Waals surface area contributed by atoms with Gasteiger partial charge in [-0.05, 0) is 31.0 Å². The van der Waals surface area contributed by atoms with E-state index in [4.69, 9.17) is 4.42 Å². The van der Waals surface area contributed by atoms with E-state index in [2.05, 4.69) is 5.32 Å². The van der Waals surface area contributed by atoms with Gasteiger partial charge >= 0.3 is 0 Å². The SMILES string of the molecule is O=C(NCc1ccoc1)C1CCCN1C(=O)c1ccccc1O. The topological polar surface area (TPSA) is 82.8 Å². The maximum absolute atomic E-state index is 12.6. The Balaban J connectivity index is 1.68. The molecule has 1 aliphatic heterocycles. The summed E-state index contributed by atoms with van der Waals surface area (Å²) in [6.45, 7) is 0.876. The number of rotatable bonds is 4. The van der Waals surface area contributed by atoms with Crippen molar-refractivity contribution in [2.75, 3.05) is 6.54 Å². The highest BCUT2D eigenvalue weighted by atomic mass is 16.3. The Labute approximate surface area is 133 Å². The van der Waals surface area contributed by atoms with Crippen molar-refractivity contribution < 1.29 is 19.1 Å². The minimum absolute atomic E-state index is 0.0676. The molecule has 23 heavy (non-hydrogen) atoms. The lowest BCUT2D eigenvalue weighted by Crippen LogP contribution is -2.45. The van der Waals surface area contributed by atoms with Crippen LogP contribution in [0.4, 0.5) is 0 Å². The van der Waals surface area contributed by atoms with E-state index < -0.39 is 6.04 Å². The van der Waals surface area contributed by atoms with Gasteiger partial charge in [0.25, 0.3) is 5.91 Å². The number of likely N-dealkylation sites (tertiary alicyclic amines) is 1. The monoisotopic (exact) mass is 314 g/mol. The largest absolute Gasteiger partial charge is 0.507 e. The van der Waals surface area contributed by atoms with Gasteiger partial charge in [-0.2, -0.15) is 0 Å². The first-order valence-electron chi connectivity index (χ1n) is 7.54. The molecule has 0 bridgehead atoms. The van der Waals surface area contributed by atoms with Gasteiger partial charge in [-0.1, -0.05) is 12.1 Å². The van der Waals surface area contributed by atoms with Crippen LogP contribution in [0.2, 0.25) is 0 Å². The van der Waals surface area contributed by atoms with E-state index >= 15 is 0 Å². The molecule has 1 unspecified atom stereocenters. The zero-order valence-corrected chi connectivity index (χ0v) is 12.6. The minimum Gasteiger partial charge on any atom is -0.507 e. The third-order valence-corrected chi connectivity index (χ3v) is 4.00. The quantitative estimate of drug-likeness (QED) is 0.903. The molecule has 6 heteroatoms. The fourth-order valence-electron chi connectivity index (χ4n) is 2.79. The molecule has 0 spiro atoms. The highest BCUT2D eigenvalue weighted by molar-refractivity contribution is 5.99. The van der Waals surface area contributed by atoms with Gasteiger partial charge in [0.05, 0.1) is 18.1 Å². The first-order valence-corrected chi connectivity index (χ1v) is 7.54. The van der Waals surface area contributed by atoms with E-state index in [1.54, 1.807) is 36.8 Å². The third-order valence-electron chi connectivity index (χ3n) is 4.00. The number of nitrogens with one attached hydrogen (secondary N) is 1. The molecule has 2 aromatic rings. The predicted molar refractivity (Wildman–Crippen MR) is 82.7 cm³/mol. The number of carbonyl (C=O) groups excluding carboxylic acids is 2. The summed E-state index contributed by atoms with van der Waals surface area (Å²) in [4.78, 5) is 26.5. The average Bonchev–Trinajstić information content (AvgIpc) is 3.24. The molecule has 2 N–H and O–H groups in total. The summed E-state index contributed by atoms with van der Waals surface area (Å²) in [5.74, 6) is -0.571. The average molecular weight is 314 g/mol. The van der Waals surface area contributed by atoms with Crippen molar-refractivity contribution in [2.45, 2.75) is 25.4 Å². The van der Waals surface area contributed by atoms with Gasteiger partial charge in [-0.3, -0.25) is 9.59 Å². The second-order valence-electron chi connectivity index (χ2n) is 5.52. The number of hydrogen-bond donors (Lipinski definition) is 2. The highest BCUT2D eigenvalue weighted by Crippen LogP contribution is 2.24. The van der Waals surface area contributed by atoms with Crippen molar-refractivity contribution in [1.82, 2.24) is 10.2 Å². The van der Waals surface area contributed by atoms with Crippen molar-refractivity contribution >= 4 is 11.8 Å². The van der Waals surface area contributed by atoms with E-state index in [1.807, 2.05) is 0 Å². The summed E-state index contributed by atoms with van der Waals surface area (Å²) in [6, 6.07) is 7.66. The van der Waals surface area contributed by atoms with Crippen LogP contribution in [0.5, 0.6) is 5.75 Å². The Morgan fingerprint density at radius 1 is 1.30 bits per heavy atom. The number of hydrogen-bond acceptors (Lipinski definition) is 4. The maximum atomic E-state index is 12.6. The van der Waals surface area contributed by atoms with Crippen LogP contribution < -0.4 is 5.32 Å². The molecule has 0 radical (unpaired) electrons. The second-order valence-corrected chi connectivity index (χ2v) is 5.52. The fraction of sp³-hybridized carbons (Fsp3) is 0.294. The Morgan fingerprint density at radius 2 is 2.13 bits per heavy atom. The Morgan fingerprint density at radius 3 is 2.87 bits per heavy atom. The zero-order valence-electron chi connectivity index (χ0n) is 12.6. The lowest BCUT2D eigenvalue weighted by Gasteiger charge is -2.24. The van der Waals surface area contributed by atoms with Crippen molar-refractivity contribution in [1.29, 1.82) is 0 Å². The molecule has 2 heterocycles. The summed E-state index contributed by atoms with van der Waals surface area (Å²) in [6.07, 6.45) is 4.50. The van der Waals surface area contributed by atoms with E-state index in [9.17, 15) is 14.7 Å². The van der Waals surface area contributed by atoms with Crippen LogP contribution in [0.25, 0.3) is 0 Å². The van der Waals surface area contributed by atoms with Gasteiger partial charge in [0.2, 0.25) is 5.91 Å². The molecule has 0 saturated carbocycles. The van der Waals surface area contributed by atoms with Crippen LogP contribution in [-0.2, 0) is 11.3 Å². The van der Waals surface area contributed by atoms with Crippen molar-refractivity contribution in [2.24, 2.45) is 0 Å². The number of phenolic OH excluding ortho intramolecular Hbond substituents is 1. The third kappa shape index (κ3) is 3.21. The number of phenols is 1. The van der Waals surface area contributed by atoms with Crippen molar-refractivity contribution in [3.05, 3.63) is 54.0 Å². The second kappa shape index (κ2) is 6.56. The molecule has 1 aromatic carbocycles. The molecule has 1 aliphatic rings. The number of benzene rings is 1. The number of furan rings is 1. The first-order chi connectivity index (χ1) is 11.2. The van der Waals surface area contributed by atoms with E-state index in [0.29, 0.717) is 19.5 Å². The normalized spacial score (nSPS) is 17.2. The summed E-state index contributed by atoms with van der Waals surface area (Å²) in [5.41, 5.74) is 1.09. The molecule has 1 fully saturated rings. The molecule has 1 atom stereocenters. The molecule has 3 rings (SSSR count). The number of amides is 2. The standard InChI is InChI=1S/C17H18N2O4/c20-15-6-2-1-4-13(15)17(22)19-8-3-5-14(19)16(21)18-10-12-7-9-23-11-12/h1-2,4,6-7,9,11,14,20H,3,5,8,10H2,(H,18,21). The van der Waals surface area contributed by atoms with Gasteiger partial charge in [0.15, 0.2) is 0 Å². The van der Waals surface area contributed by atoms with Crippen molar-refractivity contribution in [3.63, 3.8) is 0 Å². The number of nitrogens with zero attached hydrogens (tertiary/aromatic N) is 1. The molecule has 0 aliphatic carbocycles. The molecule has 1 aromatic heterocycles. The van der Waals surface area contributed by atoms with Crippen LogP contribution in [0, 0.1) is 0 Å². The van der Waals surface area contributed by atoms with Crippen LogP contribution in [-0.4, -0.2) is 34.4 Å². The van der Waals surface area contributed by atoms with E-state index in [0.717, 1.165) is 12.0 Å². The lowest BCUT2D eigenvalue weighted by atomic mass is 10.1. The van der Waals surface area contributed by atoms with Gasteiger partial charge in [0, 0.05) is 18.7 Å². The van der Waals surface area contributed by atoms with Gasteiger partial charge < -0.3 is 19.7 Å². The molecular weight excluding hydrogens is 296 g/mol. The molecule has 2 amide bonds. The van der Waals surface area contributed by atoms with E-state index in [-0.39, 0.29) is 23.1 Å². The van der Waals surface area contributed by atoms with Gasteiger partial charge in [-0.15, -0.1) is 0 Å². The summed E-state index contributed by atoms with van der Waals surface area (Å²) in [5, 5.41) is 12.7. The minimum atomic E-state index is -0.506. The maximum Gasteiger partial charge on any atom is 0.258 e. The summed E-state index contributed by atoms with van der Waals surface area (Å²) >= 11 is 0. The molecular formula is C17H18N2O4. The number of carbonyl (C=O) groups is 2. The fourth-order valence-corrected chi connectivity index (χ4v) is 2.79. The number of para-hydroxylation sites is 1. The molecule has 1 saturated heterocycles. The highest BCUT2D eigenvalue weighted by Gasteiger charge is 2.35. The van der Waals surface area contributed by atoms with Gasteiger partial charge in [0.1, 0.15) is 11.8 Å². The van der Waals surface area contributed by atoms with Crippen LogP contribution in [0.3, 0.4) is 0 Å². The van der Waals surface area contributed by atoms with E-state index in [1.165, 1.54) is 11.0 Å².